The average Bonchev–Trinajstić information content (AvgIpc) is 2.88. The Labute approximate surface area is 114 Å². The summed E-state index contributed by atoms with van der Waals surface area (Å²) < 4.78 is 0. The molecular formula is C11H15N5O2S. The van der Waals surface area contributed by atoms with Gasteiger partial charge in [-0.2, -0.15) is 5.10 Å². The molecule has 0 radical (unpaired) electrons. The van der Waals surface area contributed by atoms with E-state index in [2.05, 4.69) is 20.6 Å². The van der Waals surface area contributed by atoms with E-state index < -0.39 is 11.8 Å². The number of carbonyl (C=O) groups excluding carboxylic acids is 2. The minimum atomic E-state index is -0.859. The van der Waals surface area contributed by atoms with Gasteiger partial charge in [-0.3, -0.25) is 14.9 Å². The van der Waals surface area contributed by atoms with Gasteiger partial charge in [0, 0.05) is 6.54 Å². The summed E-state index contributed by atoms with van der Waals surface area (Å²) in [5, 5.41) is 15.8. The molecule has 1 aromatic rings. The highest BCUT2D eigenvalue weighted by Crippen LogP contribution is 2.19. The molecule has 0 aliphatic carbocycles. The van der Waals surface area contributed by atoms with E-state index in [1.807, 2.05) is 13.8 Å². The van der Waals surface area contributed by atoms with Crippen molar-refractivity contribution < 1.29 is 9.59 Å². The molecule has 1 atom stereocenters. The van der Waals surface area contributed by atoms with Gasteiger partial charge < -0.3 is 0 Å². The van der Waals surface area contributed by atoms with Gasteiger partial charge in [0.1, 0.15) is 5.51 Å². The lowest BCUT2D eigenvalue weighted by Crippen LogP contribution is -2.37. The molecular weight excluding hydrogens is 266 g/mol. The lowest BCUT2D eigenvalue weighted by atomic mass is 10.0. The fraction of sp³-hybridized carbons (Fsp3) is 0.545. The van der Waals surface area contributed by atoms with E-state index >= 15 is 0 Å². The predicted molar refractivity (Wildman–Crippen MR) is 71.7 cm³/mol. The minimum absolute atomic E-state index is 0.284. The van der Waals surface area contributed by atoms with Crippen molar-refractivity contribution in [2.75, 3.05) is 11.9 Å². The molecule has 1 N–H and O–H groups in total. The van der Waals surface area contributed by atoms with Gasteiger partial charge in [0.25, 0.3) is 5.91 Å². The average molecular weight is 281 g/mol. The third-order valence-electron chi connectivity index (χ3n) is 2.59. The van der Waals surface area contributed by atoms with Gasteiger partial charge in [-0.05, 0) is 12.8 Å². The second-order valence-corrected chi connectivity index (χ2v) is 5.55. The molecule has 102 valence electrons. The number of anilines is 1. The molecule has 0 fully saturated rings. The Morgan fingerprint density at radius 3 is 2.89 bits per heavy atom. The Morgan fingerprint density at radius 2 is 2.32 bits per heavy atom. The van der Waals surface area contributed by atoms with E-state index in [1.54, 1.807) is 6.92 Å². The lowest BCUT2D eigenvalue weighted by molar-refractivity contribution is -0.136. The number of amides is 2. The Morgan fingerprint density at radius 1 is 1.58 bits per heavy atom. The molecule has 7 nitrogen and oxygen atoms in total. The third-order valence-corrected chi connectivity index (χ3v) is 3.19. The van der Waals surface area contributed by atoms with E-state index in [1.165, 1.54) is 21.9 Å². The van der Waals surface area contributed by atoms with Gasteiger partial charge in [0.05, 0.1) is 5.71 Å². The van der Waals surface area contributed by atoms with Crippen LogP contribution in [0.1, 0.15) is 20.8 Å². The second kappa shape index (κ2) is 5.43. The van der Waals surface area contributed by atoms with Crippen LogP contribution >= 0.6 is 11.3 Å². The number of nitrogens with zero attached hydrogens (tertiary/aromatic N) is 4. The van der Waals surface area contributed by atoms with Crippen molar-refractivity contribution in [1.29, 1.82) is 0 Å². The van der Waals surface area contributed by atoms with Crippen molar-refractivity contribution in [1.82, 2.24) is 15.2 Å². The van der Waals surface area contributed by atoms with Crippen LogP contribution in [0, 0.1) is 11.8 Å². The van der Waals surface area contributed by atoms with E-state index in [0.717, 1.165) is 0 Å². The molecule has 0 aromatic carbocycles. The van der Waals surface area contributed by atoms with Gasteiger partial charge in [-0.15, -0.1) is 10.2 Å². The molecule has 1 aliphatic heterocycles. The van der Waals surface area contributed by atoms with E-state index in [-0.39, 0.29) is 5.91 Å². The highest BCUT2D eigenvalue weighted by Gasteiger charge is 2.39. The molecule has 19 heavy (non-hydrogen) atoms. The molecule has 2 amide bonds. The first-order valence-corrected chi connectivity index (χ1v) is 6.80. The van der Waals surface area contributed by atoms with E-state index in [4.69, 9.17) is 0 Å². The maximum atomic E-state index is 12.1. The maximum absolute atomic E-state index is 12.1. The summed E-state index contributed by atoms with van der Waals surface area (Å²) in [6.07, 6.45) is 0. The molecule has 2 heterocycles. The number of rotatable bonds is 4. The molecule has 1 aromatic heterocycles. The summed E-state index contributed by atoms with van der Waals surface area (Å²) in [6.45, 7) is 6.18. The van der Waals surface area contributed by atoms with Crippen LogP contribution in [0.2, 0.25) is 0 Å². The highest BCUT2D eigenvalue weighted by molar-refractivity contribution is 7.13. The molecule has 0 spiro atoms. The predicted octanol–water partition coefficient (Wildman–Crippen LogP) is 0.967. The van der Waals surface area contributed by atoms with Gasteiger partial charge in [-0.25, -0.2) is 5.01 Å². The lowest BCUT2D eigenvalue weighted by Gasteiger charge is -2.15. The van der Waals surface area contributed by atoms with E-state index in [9.17, 15) is 9.59 Å². The first kappa shape index (κ1) is 13.6. The van der Waals surface area contributed by atoms with Gasteiger partial charge in [0.15, 0.2) is 5.92 Å². The summed E-state index contributed by atoms with van der Waals surface area (Å²) >= 11 is 1.21. The Bertz CT molecular complexity index is 511. The standard InChI is InChI=1S/C11H15N5O2S/c1-6(2)4-16-10(18)8(7(3)15-16)9(17)13-11-14-12-5-19-11/h5-6,8H,4H2,1-3H3,(H,13,14,17)/t8-/m1/s1. The summed E-state index contributed by atoms with van der Waals surface area (Å²) in [4.78, 5) is 24.2. The van der Waals surface area contributed by atoms with Crippen LogP contribution in [0.25, 0.3) is 0 Å². The van der Waals surface area contributed by atoms with Crippen LogP contribution in [0.5, 0.6) is 0 Å². The van der Waals surface area contributed by atoms with Crippen molar-refractivity contribution in [3.05, 3.63) is 5.51 Å². The number of hydrogen-bond donors (Lipinski definition) is 1. The zero-order chi connectivity index (χ0) is 14.0. The topological polar surface area (TPSA) is 87.5 Å². The maximum Gasteiger partial charge on any atom is 0.261 e. The van der Waals surface area contributed by atoms with Crippen molar-refractivity contribution in [2.45, 2.75) is 20.8 Å². The zero-order valence-electron chi connectivity index (χ0n) is 11.0. The van der Waals surface area contributed by atoms with Crippen molar-refractivity contribution in [3.8, 4) is 0 Å². The van der Waals surface area contributed by atoms with Crippen molar-refractivity contribution in [3.63, 3.8) is 0 Å². The van der Waals surface area contributed by atoms with Crippen LogP contribution in [0.4, 0.5) is 5.13 Å². The minimum Gasteiger partial charge on any atom is -0.299 e. The Hall–Kier alpha value is -1.83. The number of hydrogen-bond acceptors (Lipinski definition) is 6. The van der Waals surface area contributed by atoms with Gasteiger partial charge in [-0.1, -0.05) is 25.2 Å². The number of hydrazone groups is 1. The van der Waals surface area contributed by atoms with Crippen LogP contribution in [-0.2, 0) is 9.59 Å². The van der Waals surface area contributed by atoms with Crippen LogP contribution in [0.3, 0.4) is 0 Å². The summed E-state index contributed by atoms with van der Waals surface area (Å²) in [6, 6.07) is 0. The largest absolute Gasteiger partial charge is 0.299 e. The van der Waals surface area contributed by atoms with Crippen molar-refractivity contribution in [2.24, 2.45) is 16.9 Å². The SMILES string of the molecule is CC1=NN(CC(C)C)C(=O)[C@H]1C(=O)Nc1nncs1. The Balaban J connectivity index is 2.07. The van der Waals surface area contributed by atoms with Crippen LogP contribution in [-0.4, -0.2) is 39.3 Å². The molecule has 0 unspecified atom stereocenters. The second-order valence-electron chi connectivity index (χ2n) is 4.72. The summed E-state index contributed by atoms with van der Waals surface area (Å²) in [5.41, 5.74) is 2.02. The molecule has 0 saturated heterocycles. The fourth-order valence-corrected chi connectivity index (χ4v) is 2.26. The quantitative estimate of drug-likeness (QED) is 0.833. The molecule has 0 bridgehead atoms. The normalized spacial score (nSPS) is 18.9. The molecule has 1 aliphatic rings. The Kier molecular flexibility index (Phi) is 3.89. The monoisotopic (exact) mass is 281 g/mol. The number of carbonyl (C=O) groups is 2. The molecule has 2 rings (SSSR count). The summed E-state index contributed by atoms with van der Waals surface area (Å²) in [5.74, 6) is -1.25. The fourth-order valence-electron chi connectivity index (χ4n) is 1.81. The van der Waals surface area contributed by atoms with Crippen LogP contribution in [0.15, 0.2) is 10.6 Å². The highest BCUT2D eigenvalue weighted by atomic mass is 32.1. The first-order valence-electron chi connectivity index (χ1n) is 5.92. The van der Waals surface area contributed by atoms with Crippen molar-refractivity contribution >= 4 is 34.0 Å². The van der Waals surface area contributed by atoms with E-state index in [0.29, 0.717) is 23.3 Å². The summed E-state index contributed by atoms with van der Waals surface area (Å²) in [7, 11) is 0. The number of aromatic nitrogens is 2. The van der Waals surface area contributed by atoms with Gasteiger partial charge >= 0.3 is 0 Å². The zero-order valence-corrected chi connectivity index (χ0v) is 11.8. The molecule has 8 heteroatoms. The first-order chi connectivity index (χ1) is 8.99. The molecule has 0 saturated carbocycles. The van der Waals surface area contributed by atoms with Gasteiger partial charge in [0.2, 0.25) is 11.0 Å². The smallest absolute Gasteiger partial charge is 0.261 e. The third kappa shape index (κ3) is 2.95. The number of nitrogens with one attached hydrogen (secondary N) is 1. The van der Waals surface area contributed by atoms with Crippen LogP contribution < -0.4 is 5.32 Å².